The Morgan fingerprint density at radius 2 is 1.69 bits per heavy atom. The second kappa shape index (κ2) is 17.0. The summed E-state index contributed by atoms with van der Waals surface area (Å²) in [6, 6.07) is 11.5. The van der Waals surface area contributed by atoms with Gasteiger partial charge in [0.2, 0.25) is 17.8 Å². The summed E-state index contributed by atoms with van der Waals surface area (Å²) >= 11 is 6.56. The van der Waals surface area contributed by atoms with E-state index in [4.69, 9.17) is 26.1 Å². The molecule has 4 saturated heterocycles. The lowest BCUT2D eigenvalue weighted by atomic mass is 9.95. The molecule has 19 heteroatoms. The van der Waals surface area contributed by atoms with Crippen molar-refractivity contribution < 1.29 is 33.4 Å². The molecule has 1 unspecified atom stereocenters. The fourth-order valence-electron chi connectivity index (χ4n) is 8.95. The minimum Gasteiger partial charge on any atom is -0.478 e. The van der Waals surface area contributed by atoms with Crippen LogP contribution in [0.25, 0.3) is 10.9 Å². The molecule has 1 atom stereocenters. The number of ether oxygens (including phenoxy) is 2. The number of hydrogen-bond acceptors (Lipinski definition) is 14. The molecule has 5 aliphatic heterocycles. The van der Waals surface area contributed by atoms with Crippen LogP contribution in [0, 0.1) is 5.92 Å². The van der Waals surface area contributed by atoms with E-state index in [2.05, 4.69) is 35.6 Å². The molecule has 0 saturated carbocycles. The summed E-state index contributed by atoms with van der Waals surface area (Å²) in [4.78, 5) is 92.2. The third-order valence-corrected chi connectivity index (χ3v) is 12.6. The Balaban J connectivity index is 0.727. The molecule has 5 aliphatic rings. The van der Waals surface area contributed by atoms with E-state index in [-0.39, 0.29) is 54.4 Å². The van der Waals surface area contributed by atoms with Crippen LogP contribution in [0.15, 0.2) is 53.5 Å². The average molecular weight is 867 g/mol. The molecule has 324 valence electrons. The SMILES string of the molecule is CCn1c(=O)c(OCC(=O)NC)cc2cc(Nc3nc(N4CCC(OC5CN(CC6CN(c7ccc8c(c7)C(=O)N(C7CCC(=O)NC7=O)C8=O)C6)C5)CC4)ncc3Cl)ccc21. The summed E-state index contributed by atoms with van der Waals surface area (Å²) in [6.45, 7) is 7.91. The first-order chi connectivity index (χ1) is 30.0. The van der Waals surface area contributed by atoms with Gasteiger partial charge in [-0.25, -0.2) is 4.98 Å². The van der Waals surface area contributed by atoms with Gasteiger partial charge in [-0.15, -0.1) is 0 Å². The molecule has 2 aromatic heterocycles. The van der Waals surface area contributed by atoms with Crippen molar-refractivity contribution in [3.63, 3.8) is 0 Å². The summed E-state index contributed by atoms with van der Waals surface area (Å²) in [6.07, 6.45) is 3.82. The molecule has 5 amide bonds. The van der Waals surface area contributed by atoms with E-state index in [1.54, 1.807) is 29.0 Å². The average Bonchev–Trinajstić information content (AvgIpc) is 3.48. The third-order valence-electron chi connectivity index (χ3n) is 12.3. The highest BCUT2D eigenvalue weighted by Crippen LogP contribution is 2.34. The van der Waals surface area contributed by atoms with Crippen molar-refractivity contribution in [2.75, 3.05) is 74.6 Å². The molecule has 0 aliphatic carbocycles. The summed E-state index contributed by atoms with van der Waals surface area (Å²) in [7, 11) is 1.51. The molecular formula is C43H47ClN10O8. The third kappa shape index (κ3) is 8.04. The van der Waals surface area contributed by atoms with Crippen LogP contribution in [0.5, 0.6) is 5.75 Å². The number of amides is 5. The summed E-state index contributed by atoms with van der Waals surface area (Å²) in [5, 5.41) is 9.14. The standard InChI is InChI=1S/C43H47ClN10O8/c1-3-53-33-7-4-26(14-25(33)15-35(42(53)60)61-23-37(56)45-2)47-38-32(44)17-46-43(49-38)51-12-10-28(11-13-51)62-29-21-50(22-29)18-24-19-52(20-24)27-5-6-30-31(16-27)41(59)54(40(30)58)34-8-9-36(55)48-39(34)57/h4-7,14-17,24,28-29,34H,3,8-13,18-23H2,1-2H3,(H,45,56)(H,46,47,49)(H,48,55,57). The van der Waals surface area contributed by atoms with E-state index in [0.29, 0.717) is 40.5 Å². The molecule has 2 aromatic carbocycles. The van der Waals surface area contributed by atoms with Crippen LogP contribution in [-0.2, 0) is 25.7 Å². The molecule has 18 nitrogen and oxygen atoms in total. The number of anilines is 4. The van der Waals surface area contributed by atoms with Crippen LogP contribution in [-0.4, -0.2) is 132 Å². The lowest BCUT2D eigenvalue weighted by Gasteiger charge is -2.48. The first-order valence-electron chi connectivity index (χ1n) is 21.0. The van der Waals surface area contributed by atoms with Gasteiger partial charge in [0.05, 0.1) is 35.0 Å². The lowest BCUT2D eigenvalue weighted by molar-refractivity contribution is -0.136. The van der Waals surface area contributed by atoms with Gasteiger partial charge in [0.1, 0.15) is 11.1 Å². The van der Waals surface area contributed by atoms with Gasteiger partial charge in [-0.3, -0.25) is 43.9 Å². The molecule has 3 N–H and O–H groups in total. The topological polar surface area (TPSA) is 201 Å². The van der Waals surface area contributed by atoms with Gasteiger partial charge < -0.3 is 34.5 Å². The Hall–Kier alpha value is -6.11. The number of carbonyl (C=O) groups excluding carboxylic acids is 5. The zero-order valence-electron chi connectivity index (χ0n) is 34.4. The van der Waals surface area contributed by atoms with Crippen molar-refractivity contribution in [3.05, 3.63) is 75.2 Å². The Bertz CT molecular complexity index is 2530. The van der Waals surface area contributed by atoms with E-state index in [1.165, 1.54) is 7.05 Å². The van der Waals surface area contributed by atoms with E-state index in [9.17, 15) is 28.8 Å². The number of benzene rings is 2. The molecule has 0 radical (unpaired) electrons. The highest BCUT2D eigenvalue weighted by molar-refractivity contribution is 6.33. The van der Waals surface area contributed by atoms with Crippen LogP contribution in [0.1, 0.15) is 53.3 Å². The van der Waals surface area contributed by atoms with Crippen molar-refractivity contribution in [3.8, 4) is 5.75 Å². The number of pyridine rings is 1. The number of aromatic nitrogens is 3. The van der Waals surface area contributed by atoms with E-state index in [0.717, 1.165) is 80.1 Å². The van der Waals surface area contributed by atoms with E-state index < -0.39 is 29.7 Å². The predicted molar refractivity (Wildman–Crippen MR) is 229 cm³/mol. The highest BCUT2D eigenvalue weighted by Gasteiger charge is 2.45. The molecule has 0 spiro atoms. The Morgan fingerprint density at radius 3 is 2.44 bits per heavy atom. The zero-order chi connectivity index (χ0) is 43.2. The number of imide groups is 2. The minimum atomic E-state index is -0.979. The number of nitrogens with zero attached hydrogens (tertiary/aromatic N) is 7. The van der Waals surface area contributed by atoms with Gasteiger partial charge in [-0.05, 0) is 68.7 Å². The number of rotatable bonds is 13. The Labute approximate surface area is 361 Å². The normalized spacial score (nSPS) is 20.0. The Kier molecular flexibility index (Phi) is 11.3. The number of nitrogens with one attached hydrogen (secondary N) is 3. The van der Waals surface area contributed by atoms with E-state index in [1.807, 2.05) is 31.2 Å². The van der Waals surface area contributed by atoms with Gasteiger partial charge in [-0.1, -0.05) is 11.6 Å². The van der Waals surface area contributed by atoms with Crippen LogP contribution in [0.3, 0.4) is 0 Å². The van der Waals surface area contributed by atoms with Crippen molar-refractivity contribution in [2.45, 2.75) is 57.4 Å². The van der Waals surface area contributed by atoms with Gasteiger partial charge in [-0.2, -0.15) is 4.98 Å². The maximum absolute atomic E-state index is 13.3. The first kappa shape index (κ1) is 41.3. The smallest absolute Gasteiger partial charge is 0.293 e. The quantitative estimate of drug-likeness (QED) is 0.166. The van der Waals surface area contributed by atoms with Gasteiger partial charge >= 0.3 is 0 Å². The summed E-state index contributed by atoms with van der Waals surface area (Å²) in [5.74, 6) is -0.763. The number of likely N-dealkylation sites (tertiary alicyclic amines) is 1. The maximum atomic E-state index is 13.3. The van der Waals surface area contributed by atoms with Crippen LogP contribution in [0.4, 0.5) is 23.1 Å². The minimum absolute atomic E-state index is 0.0849. The second-order valence-electron chi connectivity index (χ2n) is 16.4. The predicted octanol–water partition coefficient (Wildman–Crippen LogP) is 2.54. The first-order valence-corrected chi connectivity index (χ1v) is 21.4. The molecule has 4 fully saturated rings. The number of halogens is 1. The number of carbonyl (C=O) groups is 5. The van der Waals surface area contributed by atoms with Crippen molar-refractivity contribution in [1.29, 1.82) is 0 Å². The van der Waals surface area contributed by atoms with Crippen LogP contribution < -0.4 is 36.0 Å². The van der Waals surface area contributed by atoms with Gasteiger partial charge in [0.15, 0.2) is 18.2 Å². The number of hydrogen-bond donors (Lipinski definition) is 3. The Morgan fingerprint density at radius 1 is 0.919 bits per heavy atom. The molecule has 7 heterocycles. The number of likely N-dealkylation sites (N-methyl/N-ethyl adjacent to an activating group) is 1. The monoisotopic (exact) mass is 866 g/mol. The summed E-state index contributed by atoms with van der Waals surface area (Å²) < 4.78 is 13.7. The summed E-state index contributed by atoms with van der Waals surface area (Å²) in [5.41, 5.74) is 2.58. The van der Waals surface area contributed by atoms with Crippen molar-refractivity contribution >= 4 is 75.2 Å². The van der Waals surface area contributed by atoms with Crippen LogP contribution >= 0.6 is 11.6 Å². The second-order valence-corrected chi connectivity index (χ2v) is 16.8. The molecule has 4 aromatic rings. The lowest BCUT2D eigenvalue weighted by Crippen LogP contribution is -2.59. The maximum Gasteiger partial charge on any atom is 0.293 e. The number of piperidine rings is 2. The van der Waals surface area contributed by atoms with Crippen molar-refractivity contribution in [2.24, 2.45) is 5.92 Å². The van der Waals surface area contributed by atoms with E-state index >= 15 is 0 Å². The largest absolute Gasteiger partial charge is 0.478 e. The fraction of sp³-hybridized carbons (Fsp3) is 0.442. The molecule has 0 bridgehead atoms. The van der Waals surface area contributed by atoms with Gasteiger partial charge in [0, 0.05) is 88.5 Å². The molecule has 9 rings (SSSR count). The number of aryl methyl sites for hydroxylation is 1. The number of fused-ring (bicyclic) bond motifs is 2. The van der Waals surface area contributed by atoms with Crippen molar-refractivity contribution in [1.82, 2.24) is 35.0 Å². The van der Waals surface area contributed by atoms with Gasteiger partial charge in [0.25, 0.3) is 23.3 Å². The highest BCUT2D eigenvalue weighted by atomic mass is 35.5. The molecular weight excluding hydrogens is 820 g/mol. The van der Waals surface area contributed by atoms with Crippen LogP contribution in [0.2, 0.25) is 5.02 Å². The molecule has 62 heavy (non-hydrogen) atoms. The fourth-order valence-corrected chi connectivity index (χ4v) is 9.08. The zero-order valence-corrected chi connectivity index (χ0v) is 35.2.